The van der Waals surface area contributed by atoms with E-state index < -0.39 is 0 Å². The number of nitrogens with zero attached hydrogens (tertiary/aromatic N) is 9. The number of anilines is 2. The van der Waals surface area contributed by atoms with Crippen LogP contribution in [0.3, 0.4) is 0 Å². The quantitative estimate of drug-likeness (QED) is 0.132. The molecule has 0 saturated carbocycles. The van der Waals surface area contributed by atoms with Crippen molar-refractivity contribution in [3.8, 4) is 22.3 Å². The largest absolute Gasteiger partial charge is 0.651 e. The van der Waals surface area contributed by atoms with E-state index in [1.807, 2.05) is 128 Å². The Hall–Kier alpha value is -7.08. The maximum atomic E-state index is 5.06. The summed E-state index contributed by atoms with van der Waals surface area (Å²) < 4.78 is 0. The van der Waals surface area contributed by atoms with Gasteiger partial charge in [0.05, 0.1) is 5.03 Å². The Bertz CT molecular complexity index is 3090. The molecular weight excluding hydrogens is 1250 g/mol. The number of hydrogen-bond donors (Lipinski definition) is 0. The molecule has 0 bridgehead atoms. The minimum absolute atomic E-state index is 0. The second kappa shape index (κ2) is 23.8. The third-order valence-electron chi connectivity index (χ3n) is 10.5. The first-order chi connectivity index (χ1) is 33.2. The monoisotopic (exact) mass is 1290 g/mol. The van der Waals surface area contributed by atoms with Crippen LogP contribution in [-0.4, -0.2) is 29.9 Å². The molecule has 6 heterocycles. The van der Waals surface area contributed by atoms with Crippen LogP contribution in [0.2, 0.25) is 0 Å². The van der Waals surface area contributed by atoms with Gasteiger partial charge in [-0.1, -0.05) is 155 Å². The van der Waals surface area contributed by atoms with Crippen LogP contribution in [-0.2, 0) is 40.2 Å². The van der Waals surface area contributed by atoms with Crippen LogP contribution in [0, 0.1) is 0 Å². The fraction of sp³-hybridized carbons (Fsp3) is 0. The summed E-state index contributed by atoms with van der Waals surface area (Å²) in [5.74, 6) is 1.25. The fourth-order valence-electron chi connectivity index (χ4n) is 7.27. The number of pyridine rings is 2. The normalized spacial score (nSPS) is 13.9. The molecule has 340 valence electrons. The third-order valence-corrected chi connectivity index (χ3v) is 12.5. The second-order valence-electron chi connectivity index (χ2n) is 15.0. The molecule has 11 rings (SSSR count). The number of aromatic nitrogens is 6. The van der Waals surface area contributed by atoms with Gasteiger partial charge in [-0.3, -0.25) is 9.97 Å². The second-order valence-corrected chi connectivity index (χ2v) is 17.0. The average molecular weight is 1290 g/mol. The summed E-state index contributed by atoms with van der Waals surface area (Å²) in [6, 6.07) is 59.4. The van der Waals surface area contributed by atoms with Gasteiger partial charge < -0.3 is 15.5 Å². The zero-order valence-electron chi connectivity index (χ0n) is 36.5. The number of rotatable bonds is 10. The minimum Gasteiger partial charge on any atom is -0.651 e. The van der Waals surface area contributed by atoms with Crippen LogP contribution >= 0.6 is 23.5 Å². The number of para-hydroxylation sites is 2. The van der Waals surface area contributed by atoms with E-state index in [-0.39, 0.29) is 40.2 Å². The maximum Gasteiger partial charge on any atom is 0.151 e. The van der Waals surface area contributed by atoms with Crippen LogP contribution in [0.25, 0.3) is 61.3 Å². The Labute approximate surface area is 436 Å². The first kappa shape index (κ1) is 48.4. The van der Waals surface area contributed by atoms with E-state index in [4.69, 9.17) is 10.6 Å². The van der Waals surface area contributed by atoms with Crippen LogP contribution in [0.15, 0.2) is 241 Å². The van der Waals surface area contributed by atoms with Gasteiger partial charge in [-0.2, -0.15) is 0 Å². The van der Waals surface area contributed by atoms with Gasteiger partial charge in [-0.25, -0.2) is 19.9 Å². The van der Waals surface area contributed by atoms with Crippen molar-refractivity contribution in [2.75, 3.05) is 4.90 Å². The van der Waals surface area contributed by atoms with E-state index >= 15 is 0 Å². The van der Waals surface area contributed by atoms with Crippen molar-refractivity contribution in [3.63, 3.8) is 0 Å². The Morgan fingerprint density at radius 1 is 0.362 bits per heavy atom. The zero-order chi connectivity index (χ0) is 45.0. The zero-order valence-corrected chi connectivity index (χ0v) is 42.9. The van der Waals surface area contributed by atoms with Gasteiger partial charge in [0.1, 0.15) is 0 Å². The van der Waals surface area contributed by atoms with Gasteiger partial charge in [0, 0.05) is 117 Å². The van der Waals surface area contributed by atoms with Crippen molar-refractivity contribution in [2.45, 2.75) is 0 Å². The molecule has 0 saturated heterocycles. The van der Waals surface area contributed by atoms with Crippen molar-refractivity contribution < 1.29 is 40.2 Å². The Balaban J connectivity index is 0.000000184. The summed E-state index contributed by atoms with van der Waals surface area (Å²) in [7, 11) is 0. The molecule has 0 atom stereocenters. The van der Waals surface area contributed by atoms with Crippen molar-refractivity contribution in [1.82, 2.24) is 29.9 Å². The van der Waals surface area contributed by atoms with Gasteiger partial charge in [-0.15, -0.1) is 17.5 Å². The number of thioether (sulfide) groups is 2. The summed E-state index contributed by atoms with van der Waals surface area (Å²) in [5.41, 5.74) is 11.3. The summed E-state index contributed by atoms with van der Waals surface area (Å²) >= 11 is 3.27. The predicted octanol–water partition coefficient (Wildman–Crippen LogP) is 14.6. The number of benzene rings is 5. The molecule has 0 N–H and O–H groups in total. The van der Waals surface area contributed by atoms with Crippen LogP contribution < -0.4 is 4.90 Å². The average Bonchev–Trinajstić information content (AvgIpc) is 4.03. The maximum absolute atomic E-state index is 5.06. The molecule has 0 spiro atoms. The molecule has 2 aliphatic heterocycles. The molecule has 69 heavy (non-hydrogen) atoms. The Morgan fingerprint density at radius 3 is 1.16 bits per heavy atom. The van der Waals surface area contributed by atoms with E-state index in [1.165, 1.54) is 0 Å². The van der Waals surface area contributed by atoms with Crippen molar-refractivity contribution >= 4 is 63.3 Å². The first-order valence-corrected chi connectivity index (χ1v) is 23.1. The van der Waals surface area contributed by atoms with Crippen molar-refractivity contribution in [2.24, 2.45) is 0 Å². The summed E-state index contributed by atoms with van der Waals surface area (Å²) in [5, 5.41) is 12.7. The van der Waals surface area contributed by atoms with Crippen LogP contribution in [0.5, 0.6) is 0 Å². The predicted molar refractivity (Wildman–Crippen MR) is 276 cm³/mol. The molecule has 9 aromatic rings. The van der Waals surface area contributed by atoms with Gasteiger partial charge in [-0.05, 0) is 88.5 Å². The fourth-order valence-corrected chi connectivity index (χ4v) is 9.36. The number of hydrogen-bond acceptors (Lipinski definition) is 9. The van der Waals surface area contributed by atoms with Gasteiger partial charge in [0.2, 0.25) is 0 Å². The SMILES string of the molecule is C(=C1[N-]C(c2ccccc2)=C(N(c2ccccc2)c2ccccc2)S1)c1ncc(-c2ccncc2)cn1.C(=C1[N-]C(c2ccccc2)=C(c2ccccc2)S1)c1ncc(-c2ccncc2)cn1.[Ir].[Ir]. The molecule has 5 aromatic carbocycles. The minimum atomic E-state index is 0. The smallest absolute Gasteiger partial charge is 0.151 e. The molecule has 0 unspecified atom stereocenters. The molecule has 0 aliphatic carbocycles. The van der Waals surface area contributed by atoms with Crippen LogP contribution in [0.4, 0.5) is 11.4 Å². The first-order valence-electron chi connectivity index (χ1n) is 21.4. The van der Waals surface area contributed by atoms with E-state index in [2.05, 4.69) is 120 Å². The molecule has 13 heteroatoms. The van der Waals surface area contributed by atoms with Crippen molar-refractivity contribution in [3.05, 3.63) is 280 Å². The third kappa shape index (κ3) is 12.0. The summed E-state index contributed by atoms with van der Waals surface area (Å²) in [6.45, 7) is 0. The molecule has 2 radical (unpaired) electrons. The summed E-state index contributed by atoms with van der Waals surface area (Å²) in [6.07, 6.45) is 18.3. The van der Waals surface area contributed by atoms with E-state index in [0.29, 0.717) is 11.6 Å². The molecule has 4 aromatic heterocycles. The van der Waals surface area contributed by atoms with E-state index in [9.17, 15) is 0 Å². The molecule has 0 amide bonds. The Kier molecular flexibility index (Phi) is 16.7. The van der Waals surface area contributed by atoms with Crippen molar-refractivity contribution in [1.29, 1.82) is 0 Å². The summed E-state index contributed by atoms with van der Waals surface area (Å²) in [4.78, 5) is 29.7. The molecule has 9 nitrogen and oxygen atoms in total. The van der Waals surface area contributed by atoms with Gasteiger partial charge in [0.25, 0.3) is 0 Å². The molecule has 2 aliphatic rings. The van der Waals surface area contributed by atoms with Crippen LogP contribution in [0.1, 0.15) is 28.3 Å². The van der Waals surface area contributed by atoms with Gasteiger partial charge >= 0.3 is 0 Å². The van der Waals surface area contributed by atoms with E-state index in [0.717, 1.165) is 81.7 Å². The topological polar surface area (TPSA) is 109 Å². The standard InChI is InChI=1S/C31H22N5S.C25H17N4S.2Ir/c1-4-10-24(11-5-1)30-31(36(26-12-6-2-7-13-26)27-14-8-3-9-15-27)37-29(35-30)20-28-33-21-25(22-34-28)23-16-18-32-19-17-23;1-3-7-19(8-4-1)24-25(20-9-5-2-6-10-20)30-23(29-24)15-22-27-16-21(17-28-22)18-11-13-26-14-12-18;;/h1-22H;1-17H;;/q2*-1;;. The molecular formula is C56H39Ir2N9S2-2. The van der Waals surface area contributed by atoms with Gasteiger partial charge in [0.15, 0.2) is 11.6 Å². The van der Waals surface area contributed by atoms with E-state index in [1.54, 1.807) is 48.3 Å². The molecule has 0 fully saturated rings. The Morgan fingerprint density at radius 2 is 0.725 bits per heavy atom.